The lowest BCUT2D eigenvalue weighted by Gasteiger charge is -2.18. The Morgan fingerprint density at radius 2 is 0.483 bits per heavy atom. The summed E-state index contributed by atoms with van der Waals surface area (Å²) < 4.78 is 12.3. The molecule has 0 unspecified atom stereocenters. The maximum atomic E-state index is 7.31. The minimum Gasteiger partial charge on any atom is -0.454 e. The van der Waals surface area contributed by atoms with Crippen LogP contribution in [0.2, 0.25) is 0 Å². The average molecular weight is 1110 g/mol. The van der Waals surface area contributed by atoms with Gasteiger partial charge in [-0.1, -0.05) is 261 Å². The van der Waals surface area contributed by atoms with E-state index in [1.165, 1.54) is 66.8 Å². The van der Waals surface area contributed by atoms with Crippen molar-refractivity contribution < 1.29 is 4.42 Å². The molecule has 3 heteroatoms. The Labute approximate surface area is 504 Å². The van der Waals surface area contributed by atoms with Gasteiger partial charge in [-0.2, -0.15) is 0 Å². The summed E-state index contributed by atoms with van der Waals surface area (Å²) in [4.78, 5) is 0. The van der Waals surface area contributed by atoms with Crippen molar-refractivity contribution in [3.8, 4) is 100 Å². The van der Waals surface area contributed by atoms with Gasteiger partial charge in [0.05, 0.1) is 27.8 Å². The van der Waals surface area contributed by atoms with E-state index in [0.717, 1.165) is 99.2 Å². The second kappa shape index (κ2) is 20.7. The summed E-state index contributed by atoms with van der Waals surface area (Å²) in [5.74, 6) is 0. The number of fused-ring (bicyclic) bond motifs is 9. The topological polar surface area (TPSA) is 23.0 Å². The summed E-state index contributed by atoms with van der Waals surface area (Å²) >= 11 is 0. The fourth-order valence-electron chi connectivity index (χ4n) is 13.8. The summed E-state index contributed by atoms with van der Waals surface area (Å²) in [5.41, 5.74) is 26.8. The van der Waals surface area contributed by atoms with Crippen molar-refractivity contribution in [3.05, 3.63) is 328 Å². The second-order valence-electron chi connectivity index (χ2n) is 22.7. The van der Waals surface area contributed by atoms with Crippen LogP contribution >= 0.6 is 0 Å². The molecular weight excluding hydrogens is 1050 g/mol. The fraction of sp³-hybridized carbons (Fsp3) is 0. The highest BCUT2D eigenvalue weighted by Crippen LogP contribution is 2.48. The van der Waals surface area contributed by atoms with Crippen molar-refractivity contribution in [1.29, 1.82) is 0 Å². The Kier molecular flexibility index (Phi) is 11.9. The first kappa shape index (κ1) is 50.0. The summed E-state index contributed by atoms with van der Waals surface area (Å²) in [6.07, 6.45) is 0. The Balaban J connectivity index is 0.968. The van der Waals surface area contributed by atoms with E-state index in [0.29, 0.717) is 0 Å². The molecular formula is C84H54N2O. The molecule has 3 aromatic heterocycles. The van der Waals surface area contributed by atoms with E-state index >= 15 is 0 Å². The maximum absolute atomic E-state index is 7.31. The first-order valence-electron chi connectivity index (χ1n) is 29.9. The van der Waals surface area contributed by atoms with Crippen molar-refractivity contribution in [2.24, 2.45) is 0 Å². The number of nitrogens with zero attached hydrogens (tertiary/aromatic N) is 2. The lowest BCUT2D eigenvalue weighted by molar-refractivity contribution is 0.666. The largest absolute Gasteiger partial charge is 0.454 e. The summed E-state index contributed by atoms with van der Waals surface area (Å²) in [6, 6.07) is 120. The smallest absolute Gasteiger partial charge is 0.161 e. The molecule has 0 radical (unpaired) electrons. The van der Waals surface area contributed by atoms with Crippen LogP contribution in [-0.2, 0) is 0 Å². The monoisotopic (exact) mass is 1110 g/mol. The van der Waals surface area contributed by atoms with Crippen LogP contribution < -0.4 is 0 Å². The molecule has 0 saturated heterocycles. The average Bonchev–Trinajstić information content (AvgIpc) is 1.61. The predicted molar refractivity (Wildman–Crippen MR) is 366 cm³/mol. The van der Waals surface area contributed by atoms with Gasteiger partial charge in [0.15, 0.2) is 5.58 Å². The van der Waals surface area contributed by atoms with Crippen molar-refractivity contribution in [2.45, 2.75) is 0 Å². The molecule has 0 spiro atoms. The number of benzene rings is 14. The van der Waals surface area contributed by atoms with Gasteiger partial charge >= 0.3 is 0 Å². The number of furan rings is 1. The molecule has 0 aliphatic carbocycles. The van der Waals surface area contributed by atoms with E-state index in [4.69, 9.17) is 4.42 Å². The summed E-state index contributed by atoms with van der Waals surface area (Å²) in [7, 11) is 0. The van der Waals surface area contributed by atoms with Gasteiger partial charge in [0.25, 0.3) is 0 Å². The zero-order chi connectivity index (χ0) is 57.4. The molecule has 0 amide bonds. The van der Waals surface area contributed by atoms with E-state index in [1.54, 1.807) is 0 Å². The van der Waals surface area contributed by atoms with Crippen LogP contribution in [0.1, 0.15) is 0 Å². The zero-order valence-corrected chi connectivity index (χ0v) is 47.5. The molecule has 3 nitrogen and oxygen atoms in total. The minimum atomic E-state index is 0.821. The predicted octanol–water partition coefficient (Wildman–Crippen LogP) is 23.1. The number of rotatable bonds is 10. The second-order valence-corrected chi connectivity index (χ2v) is 22.7. The highest BCUT2D eigenvalue weighted by molar-refractivity contribution is 6.18. The lowest BCUT2D eigenvalue weighted by atomic mass is 9.92. The van der Waals surface area contributed by atoms with Crippen LogP contribution in [-0.4, -0.2) is 9.13 Å². The molecule has 0 N–H and O–H groups in total. The quantitative estimate of drug-likeness (QED) is 0.134. The molecule has 0 aliphatic heterocycles. The molecule has 0 saturated carbocycles. The van der Waals surface area contributed by atoms with Crippen LogP contribution in [0.25, 0.3) is 166 Å². The number of hydrogen-bond donors (Lipinski definition) is 0. The third-order valence-electron chi connectivity index (χ3n) is 17.8. The number of hydrogen-bond acceptors (Lipinski definition) is 1. The Hall–Kier alpha value is -11.5. The van der Waals surface area contributed by atoms with Gasteiger partial charge in [0, 0.05) is 32.3 Å². The van der Waals surface area contributed by atoms with Gasteiger partial charge in [-0.05, 0) is 156 Å². The minimum absolute atomic E-state index is 0.821. The van der Waals surface area contributed by atoms with Gasteiger partial charge in [-0.25, -0.2) is 0 Å². The van der Waals surface area contributed by atoms with Gasteiger partial charge < -0.3 is 13.6 Å². The zero-order valence-electron chi connectivity index (χ0n) is 47.5. The van der Waals surface area contributed by atoms with E-state index in [2.05, 4.69) is 337 Å². The normalized spacial score (nSPS) is 11.7. The molecule has 3 heterocycles. The highest BCUT2D eigenvalue weighted by atomic mass is 16.3. The number of aromatic nitrogens is 2. The maximum Gasteiger partial charge on any atom is 0.161 e. The third kappa shape index (κ3) is 8.35. The van der Waals surface area contributed by atoms with Gasteiger partial charge in [-0.15, -0.1) is 0 Å². The molecule has 0 fully saturated rings. The van der Waals surface area contributed by atoms with E-state index in [1.807, 2.05) is 0 Å². The highest BCUT2D eigenvalue weighted by Gasteiger charge is 2.26. The van der Waals surface area contributed by atoms with Crippen LogP contribution in [0.4, 0.5) is 0 Å². The molecule has 14 aromatic carbocycles. The van der Waals surface area contributed by atoms with Crippen molar-refractivity contribution in [1.82, 2.24) is 9.13 Å². The summed E-state index contributed by atoms with van der Waals surface area (Å²) in [5, 5.41) is 6.74. The van der Waals surface area contributed by atoms with Crippen LogP contribution in [0, 0.1) is 0 Å². The van der Waals surface area contributed by atoms with E-state index < -0.39 is 0 Å². The molecule has 0 aliphatic rings. The number of para-hydroxylation sites is 1. The molecule has 0 bridgehead atoms. The lowest BCUT2D eigenvalue weighted by Crippen LogP contribution is -2.04. The van der Waals surface area contributed by atoms with E-state index in [-0.39, 0.29) is 0 Å². The van der Waals surface area contributed by atoms with Crippen LogP contribution in [0.5, 0.6) is 0 Å². The van der Waals surface area contributed by atoms with Crippen LogP contribution in [0.15, 0.2) is 332 Å². The van der Waals surface area contributed by atoms with Crippen molar-refractivity contribution in [2.75, 3.05) is 0 Å². The molecule has 17 aromatic rings. The molecule has 0 atom stereocenters. The molecule has 17 rings (SSSR count). The molecule has 87 heavy (non-hydrogen) atoms. The van der Waals surface area contributed by atoms with Gasteiger partial charge in [0.1, 0.15) is 11.3 Å². The van der Waals surface area contributed by atoms with Crippen molar-refractivity contribution >= 4 is 65.6 Å². The van der Waals surface area contributed by atoms with Gasteiger partial charge in [0.2, 0.25) is 0 Å². The third-order valence-corrected chi connectivity index (χ3v) is 17.8. The summed E-state index contributed by atoms with van der Waals surface area (Å²) in [6.45, 7) is 0. The van der Waals surface area contributed by atoms with Gasteiger partial charge in [-0.3, -0.25) is 0 Å². The first-order valence-corrected chi connectivity index (χ1v) is 29.9. The standard InChI is InChI=1S/C84H54N2O/c1-5-23-55(24-6-1)63-31-13-17-35-67(63)59-41-46-77-73(51-59)74-52-60(68-36-18-14-32-64(68)56-25-7-2-8-26-56)42-47-78(74)85(77)81-50-45-72-71-39-21-22-40-82(71)87-84(72)83(81)86-79-48-43-61(69-37-19-15-33-65(69)57-27-9-3-10-28-57)53-75(79)76-54-62(44-49-80(76)86)70-38-20-16-34-66(70)58-29-11-4-12-30-58/h1-54H. The first-order chi connectivity index (χ1) is 43.2. The Bertz CT molecular complexity index is 5220. The Morgan fingerprint density at radius 1 is 0.195 bits per heavy atom. The molecule has 406 valence electrons. The SMILES string of the molecule is c1ccc(-c2ccccc2-c2ccc3c(c2)c2cc(-c4ccccc4-c4ccccc4)ccc2n3-c2ccc3c(oc4ccccc43)c2-n2c3ccc(-c4ccccc4-c4ccccc4)cc3c3cc(-c4ccccc4-c4ccccc4)ccc32)cc1. The fourth-order valence-corrected chi connectivity index (χ4v) is 13.8. The van der Waals surface area contributed by atoms with E-state index in [9.17, 15) is 0 Å². The Morgan fingerprint density at radius 3 is 0.828 bits per heavy atom. The van der Waals surface area contributed by atoms with Crippen LogP contribution in [0.3, 0.4) is 0 Å². The van der Waals surface area contributed by atoms with Crippen molar-refractivity contribution in [3.63, 3.8) is 0 Å².